The van der Waals surface area contributed by atoms with Crippen molar-refractivity contribution in [3.63, 3.8) is 0 Å². The largest absolute Gasteiger partial charge is 0.376 e. The summed E-state index contributed by atoms with van der Waals surface area (Å²) in [5.74, 6) is 0.712. The Morgan fingerprint density at radius 3 is 2.57 bits per heavy atom. The summed E-state index contributed by atoms with van der Waals surface area (Å²) in [5.41, 5.74) is 2.66. The molecule has 1 aliphatic rings. The Hall–Kier alpha value is -0.860. The van der Waals surface area contributed by atoms with Gasteiger partial charge in [-0.3, -0.25) is 0 Å². The summed E-state index contributed by atoms with van der Waals surface area (Å²) >= 11 is 0. The Kier molecular flexibility index (Phi) is 6.72. The molecule has 2 nitrogen and oxygen atoms in total. The van der Waals surface area contributed by atoms with Crippen molar-refractivity contribution in [2.75, 3.05) is 13.2 Å². The van der Waals surface area contributed by atoms with Crippen LogP contribution < -0.4 is 5.32 Å². The zero-order chi connectivity index (χ0) is 15.1. The SMILES string of the molecule is CCCNC(COC1CCCCC1C)c1ccc(C)cc1. The van der Waals surface area contributed by atoms with Gasteiger partial charge in [0.2, 0.25) is 0 Å². The Morgan fingerprint density at radius 2 is 1.90 bits per heavy atom. The van der Waals surface area contributed by atoms with Crippen LogP contribution in [-0.4, -0.2) is 19.3 Å². The summed E-state index contributed by atoms with van der Waals surface area (Å²) in [5, 5.41) is 3.63. The van der Waals surface area contributed by atoms with Crippen LogP contribution in [-0.2, 0) is 4.74 Å². The molecule has 0 spiro atoms. The van der Waals surface area contributed by atoms with Gasteiger partial charge in [0.25, 0.3) is 0 Å². The van der Waals surface area contributed by atoms with E-state index in [1.165, 1.54) is 36.8 Å². The summed E-state index contributed by atoms with van der Waals surface area (Å²) < 4.78 is 6.28. The lowest BCUT2D eigenvalue weighted by molar-refractivity contribution is -0.0153. The highest BCUT2D eigenvalue weighted by Crippen LogP contribution is 2.27. The molecule has 2 heteroatoms. The predicted molar refractivity (Wildman–Crippen MR) is 89.6 cm³/mol. The van der Waals surface area contributed by atoms with E-state index >= 15 is 0 Å². The molecule has 0 amide bonds. The number of rotatable bonds is 7. The summed E-state index contributed by atoms with van der Waals surface area (Å²) in [6, 6.07) is 9.17. The predicted octanol–water partition coefficient (Wildman–Crippen LogP) is 4.63. The molecular formula is C19H31NO. The van der Waals surface area contributed by atoms with Crippen molar-refractivity contribution in [3.05, 3.63) is 35.4 Å². The van der Waals surface area contributed by atoms with Gasteiger partial charge in [0, 0.05) is 0 Å². The van der Waals surface area contributed by atoms with E-state index < -0.39 is 0 Å². The summed E-state index contributed by atoms with van der Waals surface area (Å²) in [6.45, 7) is 8.52. The Balaban J connectivity index is 1.94. The highest BCUT2D eigenvalue weighted by atomic mass is 16.5. The van der Waals surface area contributed by atoms with Crippen LogP contribution in [0.3, 0.4) is 0 Å². The van der Waals surface area contributed by atoms with E-state index in [4.69, 9.17) is 4.74 Å². The molecular weight excluding hydrogens is 258 g/mol. The fourth-order valence-corrected chi connectivity index (χ4v) is 3.14. The fraction of sp³-hybridized carbons (Fsp3) is 0.684. The van der Waals surface area contributed by atoms with Crippen LogP contribution in [0, 0.1) is 12.8 Å². The van der Waals surface area contributed by atoms with Gasteiger partial charge in [-0.1, -0.05) is 56.5 Å². The normalized spacial score (nSPS) is 24.0. The monoisotopic (exact) mass is 289 g/mol. The first kappa shape index (κ1) is 16.5. The van der Waals surface area contributed by atoms with Crippen LogP contribution >= 0.6 is 0 Å². The zero-order valence-corrected chi connectivity index (χ0v) is 13.9. The summed E-state index contributed by atoms with van der Waals surface area (Å²) in [6.07, 6.45) is 6.86. The molecule has 1 aromatic carbocycles. The molecule has 0 bridgehead atoms. The number of hydrogen-bond donors (Lipinski definition) is 1. The maximum atomic E-state index is 6.28. The smallest absolute Gasteiger partial charge is 0.0665 e. The Bertz CT molecular complexity index is 401. The number of ether oxygens (including phenoxy) is 1. The van der Waals surface area contributed by atoms with E-state index in [-0.39, 0.29) is 0 Å². The van der Waals surface area contributed by atoms with Gasteiger partial charge in [-0.05, 0) is 44.2 Å². The van der Waals surface area contributed by atoms with E-state index in [1.54, 1.807) is 0 Å². The van der Waals surface area contributed by atoms with Crippen LogP contribution in [0.25, 0.3) is 0 Å². The lowest BCUT2D eigenvalue weighted by atomic mass is 9.88. The average molecular weight is 289 g/mol. The van der Waals surface area contributed by atoms with Crippen LogP contribution in [0.4, 0.5) is 0 Å². The molecule has 21 heavy (non-hydrogen) atoms. The van der Waals surface area contributed by atoms with Gasteiger partial charge >= 0.3 is 0 Å². The molecule has 3 atom stereocenters. The first-order valence-electron chi connectivity index (χ1n) is 8.62. The highest BCUT2D eigenvalue weighted by Gasteiger charge is 2.23. The summed E-state index contributed by atoms with van der Waals surface area (Å²) in [4.78, 5) is 0. The van der Waals surface area contributed by atoms with Crippen molar-refractivity contribution in [2.45, 2.75) is 65.0 Å². The lowest BCUT2D eigenvalue weighted by Crippen LogP contribution is -2.32. The molecule has 1 aliphatic carbocycles. The van der Waals surface area contributed by atoms with Crippen LogP contribution in [0.1, 0.15) is 63.1 Å². The van der Waals surface area contributed by atoms with E-state index in [2.05, 4.69) is 50.4 Å². The van der Waals surface area contributed by atoms with Gasteiger partial charge in [-0.25, -0.2) is 0 Å². The third-order valence-electron chi connectivity index (χ3n) is 4.63. The molecule has 0 aliphatic heterocycles. The van der Waals surface area contributed by atoms with E-state index in [9.17, 15) is 0 Å². The molecule has 0 aromatic heterocycles. The second kappa shape index (κ2) is 8.55. The molecule has 1 N–H and O–H groups in total. The quantitative estimate of drug-likeness (QED) is 0.790. The molecule has 0 heterocycles. The fourth-order valence-electron chi connectivity index (χ4n) is 3.14. The lowest BCUT2D eigenvalue weighted by Gasteiger charge is -2.30. The average Bonchev–Trinajstić information content (AvgIpc) is 2.50. The van der Waals surface area contributed by atoms with Crippen molar-refractivity contribution >= 4 is 0 Å². The van der Waals surface area contributed by atoms with Gasteiger partial charge in [0.1, 0.15) is 0 Å². The van der Waals surface area contributed by atoms with E-state index in [0.29, 0.717) is 18.1 Å². The maximum absolute atomic E-state index is 6.28. The minimum absolute atomic E-state index is 0.319. The molecule has 1 fully saturated rings. The number of hydrogen-bond acceptors (Lipinski definition) is 2. The number of benzene rings is 1. The third kappa shape index (κ3) is 5.12. The molecule has 0 saturated heterocycles. The maximum Gasteiger partial charge on any atom is 0.0665 e. The van der Waals surface area contributed by atoms with E-state index in [0.717, 1.165) is 19.6 Å². The zero-order valence-electron chi connectivity index (χ0n) is 13.9. The molecule has 1 aromatic rings. The second-order valence-corrected chi connectivity index (χ2v) is 6.55. The minimum atomic E-state index is 0.319. The topological polar surface area (TPSA) is 21.3 Å². The van der Waals surface area contributed by atoms with Gasteiger partial charge in [0.05, 0.1) is 18.8 Å². The van der Waals surface area contributed by atoms with Crippen molar-refractivity contribution < 1.29 is 4.74 Å². The Labute approximate surface area is 130 Å². The highest BCUT2D eigenvalue weighted by molar-refractivity contribution is 5.24. The second-order valence-electron chi connectivity index (χ2n) is 6.55. The molecule has 2 rings (SSSR count). The van der Waals surface area contributed by atoms with Gasteiger partial charge < -0.3 is 10.1 Å². The van der Waals surface area contributed by atoms with Crippen molar-refractivity contribution in [1.82, 2.24) is 5.32 Å². The number of aryl methyl sites for hydroxylation is 1. The van der Waals surface area contributed by atoms with Crippen molar-refractivity contribution in [1.29, 1.82) is 0 Å². The standard InChI is InChI=1S/C19H31NO/c1-4-13-20-18(17-11-9-15(2)10-12-17)14-21-19-8-6-5-7-16(19)3/h9-12,16,18-20H,4-8,13-14H2,1-3H3. The van der Waals surface area contributed by atoms with Crippen molar-refractivity contribution in [2.24, 2.45) is 5.92 Å². The molecule has 1 saturated carbocycles. The Morgan fingerprint density at radius 1 is 1.19 bits per heavy atom. The van der Waals surface area contributed by atoms with E-state index in [1.807, 2.05) is 0 Å². The van der Waals surface area contributed by atoms with Crippen molar-refractivity contribution in [3.8, 4) is 0 Å². The molecule has 0 radical (unpaired) electrons. The van der Waals surface area contributed by atoms with Crippen LogP contribution in [0.2, 0.25) is 0 Å². The van der Waals surface area contributed by atoms with Gasteiger partial charge in [0.15, 0.2) is 0 Å². The first-order chi connectivity index (χ1) is 10.2. The number of nitrogens with one attached hydrogen (secondary N) is 1. The van der Waals surface area contributed by atoms with Gasteiger partial charge in [-0.2, -0.15) is 0 Å². The van der Waals surface area contributed by atoms with Gasteiger partial charge in [-0.15, -0.1) is 0 Å². The molecule has 3 unspecified atom stereocenters. The third-order valence-corrected chi connectivity index (χ3v) is 4.63. The first-order valence-corrected chi connectivity index (χ1v) is 8.62. The summed E-state index contributed by atoms with van der Waals surface area (Å²) in [7, 11) is 0. The van der Waals surface area contributed by atoms with Crippen LogP contribution in [0.15, 0.2) is 24.3 Å². The minimum Gasteiger partial charge on any atom is -0.376 e. The molecule has 118 valence electrons. The van der Waals surface area contributed by atoms with Crippen LogP contribution in [0.5, 0.6) is 0 Å².